The summed E-state index contributed by atoms with van der Waals surface area (Å²) in [4.78, 5) is 7.01. The number of imidazole rings is 1. The van der Waals surface area contributed by atoms with E-state index >= 15 is 0 Å². The maximum Gasteiger partial charge on any atom is 0.0998 e. The Morgan fingerprint density at radius 3 is 2.94 bits per heavy atom. The van der Waals surface area contributed by atoms with E-state index in [1.807, 2.05) is 6.33 Å². The Morgan fingerprint density at radius 1 is 1.29 bits per heavy atom. The average molecular weight is 230 g/mol. The smallest absolute Gasteiger partial charge is 0.0998 e. The summed E-state index contributed by atoms with van der Waals surface area (Å²) in [6.07, 6.45) is 1.93. The topological polar surface area (TPSA) is 32.6 Å². The van der Waals surface area contributed by atoms with Crippen LogP contribution in [-0.4, -0.2) is 40.5 Å². The molecular formula is C13H18N4. The lowest BCUT2D eigenvalue weighted by atomic mass is 10.2. The number of aryl methyl sites for hydroxylation is 1. The number of nitrogens with zero attached hydrogens (tertiary/aromatic N) is 3. The Labute approximate surface area is 101 Å². The lowest BCUT2D eigenvalue weighted by Crippen LogP contribution is -2.42. The molecule has 0 saturated carbocycles. The largest absolute Gasteiger partial charge is 0.314 e. The van der Waals surface area contributed by atoms with Crippen molar-refractivity contribution in [2.45, 2.75) is 13.5 Å². The fraction of sp³-hybridized carbons (Fsp3) is 0.462. The molecule has 90 valence electrons. The lowest BCUT2D eigenvalue weighted by molar-refractivity contribution is 0.232. The van der Waals surface area contributed by atoms with Crippen LogP contribution in [0.2, 0.25) is 0 Å². The molecule has 3 heterocycles. The van der Waals surface area contributed by atoms with Crippen molar-refractivity contribution in [2.24, 2.45) is 0 Å². The van der Waals surface area contributed by atoms with Gasteiger partial charge >= 0.3 is 0 Å². The van der Waals surface area contributed by atoms with E-state index in [4.69, 9.17) is 0 Å². The summed E-state index contributed by atoms with van der Waals surface area (Å²) in [6, 6.07) is 6.37. The quantitative estimate of drug-likeness (QED) is 0.837. The van der Waals surface area contributed by atoms with Gasteiger partial charge in [0.1, 0.15) is 0 Å². The normalized spacial score (nSPS) is 17.7. The molecule has 3 rings (SSSR count). The van der Waals surface area contributed by atoms with Crippen molar-refractivity contribution in [2.75, 3.05) is 26.2 Å². The number of fused-ring (bicyclic) bond motifs is 1. The minimum absolute atomic E-state index is 0.960. The molecular weight excluding hydrogens is 212 g/mol. The van der Waals surface area contributed by atoms with Crippen molar-refractivity contribution in [1.29, 1.82) is 0 Å². The van der Waals surface area contributed by atoms with Crippen molar-refractivity contribution < 1.29 is 0 Å². The van der Waals surface area contributed by atoms with E-state index in [9.17, 15) is 0 Å². The van der Waals surface area contributed by atoms with Gasteiger partial charge in [0, 0.05) is 38.4 Å². The molecule has 1 fully saturated rings. The molecule has 2 aromatic heterocycles. The second-order valence-electron chi connectivity index (χ2n) is 4.64. The molecule has 0 bridgehead atoms. The van der Waals surface area contributed by atoms with E-state index in [-0.39, 0.29) is 0 Å². The van der Waals surface area contributed by atoms with Crippen molar-refractivity contribution in [3.05, 3.63) is 35.9 Å². The highest BCUT2D eigenvalue weighted by molar-refractivity contribution is 5.52. The fourth-order valence-corrected chi connectivity index (χ4v) is 2.41. The van der Waals surface area contributed by atoms with Gasteiger partial charge in [-0.3, -0.25) is 4.90 Å². The third-order valence-electron chi connectivity index (χ3n) is 3.44. The van der Waals surface area contributed by atoms with Gasteiger partial charge in [0.05, 0.1) is 17.5 Å². The third kappa shape index (κ3) is 2.06. The molecule has 0 aromatic carbocycles. The Balaban J connectivity index is 1.87. The maximum absolute atomic E-state index is 4.55. The van der Waals surface area contributed by atoms with Crippen LogP contribution in [0.5, 0.6) is 0 Å². The molecule has 0 spiro atoms. The molecule has 4 heteroatoms. The predicted octanol–water partition coefficient (Wildman–Crippen LogP) is 1.05. The minimum atomic E-state index is 0.960. The van der Waals surface area contributed by atoms with Gasteiger partial charge in [-0.2, -0.15) is 0 Å². The Hall–Kier alpha value is -1.39. The zero-order valence-corrected chi connectivity index (χ0v) is 10.2. The van der Waals surface area contributed by atoms with Crippen LogP contribution >= 0.6 is 0 Å². The van der Waals surface area contributed by atoms with Gasteiger partial charge in [-0.05, 0) is 19.1 Å². The molecule has 17 heavy (non-hydrogen) atoms. The van der Waals surface area contributed by atoms with E-state index in [0.717, 1.165) is 32.7 Å². The number of aromatic nitrogens is 2. The van der Waals surface area contributed by atoms with E-state index in [2.05, 4.69) is 44.7 Å². The van der Waals surface area contributed by atoms with Crippen LogP contribution < -0.4 is 5.32 Å². The molecule has 1 aliphatic heterocycles. The number of hydrogen-bond acceptors (Lipinski definition) is 3. The first-order chi connectivity index (χ1) is 8.34. The molecule has 0 radical (unpaired) electrons. The summed E-state index contributed by atoms with van der Waals surface area (Å²) >= 11 is 0. The summed E-state index contributed by atoms with van der Waals surface area (Å²) in [5.74, 6) is 0. The molecule has 0 amide bonds. The van der Waals surface area contributed by atoms with Crippen molar-refractivity contribution in [3.8, 4) is 0 Å². The van der Waals surface area contributed by atoms with Gasteiger partial charge in [-0.25, -0.2) is 4.98 Å². The van der Waals surface area contributed by atoms with Crippen LogP contribution in [0, 0.1) is 6.92 Å². The Bertz CT molecular complexity index is 511. The summed E-state index contributed by atoms with van der Waals surface area (Å²) < 4.78 is 2.16. The minimum Gasteiger partial charge on any atom is -0.314 e. The zero-order valence-electron chi connectivity index (χ0n) is 10.2. The Kier molecular flexibility index (Phi) is 2.82. The standard InChI is InChI=1S/C13H18N4/c1-11-3-2-4-13-12(15-10-17(11)13)9-16-7-5-14-6-8-16/h2-4,10,14H,5-9H2,1H3. The summed E-state index contributed by atoms with van der Waals surface area (Å²) in [5.41, 5.74) is 3.67. The van der Waals surface area contributed by atoms with E-state index in [1.165, 1.54) is 16.9 Å². The second-order valence-corrected chi connectivity index (χ2v) is 4.64. The molecule has 0 aliphatic carbocycles. The maximum atomic E-state index is 4.55. The van der Waals surface area contributed by atoms with Gasteiger partial charge < -0.3 is 9.72 Å². The Morgan fingerprint density at radius 2 is 2.12 bits per heavy atom. The number of hydrogen-bond donors (Lipinski definition) is 1. The van der Waals surface area contributed by atoms with Gasteiger partial charge in [0.2, 0.25) is 0 Å². The van der Waals surface area contributed by atoms with E-state index in [0.29, 0.717) is 0 Å². The number of pyridine rings is 1. The van der Waals surface area contributed by atoms with Crippen molar-refractivity contribution in [3.63, 3.8) is 0 Å². The first-order valence-corrected chi connectivity index (χ1v) is 6.19. The highest BCUT2D eigenvalue weighted by atomic mass is 15.2. The van der Waals surface area contributed by atoms with Gasteiger partial charge in [-0.1, -0.05) is 6.07 Å². The monoisotopic (exact) mass is 230 g/mol. The molecule has 2 aromatic rings. The van der Waals surface area contributed by atoms with Crippen LogP contribution in [0.4, 0.5) is 0 Å². The molecule has 4 nitrogen and oxygen atoms in total. The highest BCUT2D eigenvalue weighted by Gasteiger charge is 2.13. The zero-order chi connectivity index (χ0) is 11.7. The van der Waals surface area contributed by atoms with Crippen LogP contribution in [0.1, 0.15) is 11.4 Å². The summed E-state index contributed by atoms with van der Waals surface area (Å²) in [6.45, 7) is 7.48. The average Bonchev–Trinajstić information content (AvgIpc) is 2.76. The van der Waals surface area contributed by atoms with Crippen LogP contribution in [-0.2, 0) is 6.54 Å². The second kappa shape index (κ2) is 4.47. The SMILES string of the molecule is Cc1cccc2c(CN3CCNCC3)ncn12. The number of rotatable bonds is 2. The highest BCUT2D eigenvalue weighted by Crippen LogP contribution is 2.14. The predicted molar refractivity (Wildman–Crippen MR) is 68.1 cm³/mol. The fourth-order valence-electron chi connectivity index (χ4n) is 2.41. The van der Waals surface area contributed by atoms with E-state index < -0.39 is 0 Å². The first-order valence-electron chi connectivity index (χ1n) is 6.19. The van der Waals surface area contributed by atoms with Gasteiger partial charge in [0.25, 0.3) is 0 Å². The van der Waals surface area contributed by atoms with E-state index in [1.54, 1.807) is 0 Å². The first kappa shape index (κ1) is 10.7. The lowest BCUT2D eigenvalue weighted by Gasteiger charge is -2.26. The molecule has 0 unspecified atom stereocenters. The van der Waals surface area contributed by atoms with Crippen molar-refractivity contribution in [1.82, 2.24) is 19.6 Å². The van der Waals surface area contributed by atoms with Crippen LogP contribution in [0.25, 0.3) is 5.52 Å². The third-order valence-corrected chi connectivity index (χ3v) is 3.44. The molecule has 1 N–H and O–H groups in total. The van der Waals surface area contributed by atoms with Crippen LogP contribution in [0.3, 0.4) is 0 Å². The summed E-state index contributed by atoms with van der Waals surface area (Å²) in [7, 11) is 0. The number of piperazine rings is 1. The van der Waals surface area contributed by atoms with Gasteiger partial charge in [0.15, 0.2) is 0 Å². The van der Waals surface area contributed by atoms with Crippen molar-refractivity contribution >= 4 is 5.52 Å². The molecule has 1 saturated heterocycles. The van der Waals surface area contributed by atoms with Crippen LogP contribution in [0.15, 0.2) is 24.5 Å². The summed E-state index contributed by atoms with van der Waals surface area (Å²) in [5, 5.41) is 3.37. The van der Waals surface area contributed by atoms with Gasteiger partial charge in [-0.15, -0.1) is 0 Å². The molecule has 1 aliphatic rings. The molecule has 0 atom stereocenters. The number of nitrogens with one attached hydrogen (secondary N) is 1.